The van der Waals surface area contributed by atoms with Crippen LogP contribution in [-0.4, -0.2) is 17.8 Å². The molecule has 196 valence electrons. The van der Waals surface area contributed by atoms with Gasteiger partial charge in [0.05, 0.1) is 11.3 Å². The van der Waals surface area contributed by atoms with Crippen LogP contribution in [0.3, 0.4) is 0 Å². The summed E-state index contributed by atoms with van der Waals surface area (Å²) in [5, 5.41) is 2.72. The molecule has 3 aromatic carbocycles. The number of halogens is 1. The number of nitrogens with zero attached hydrogens (tertiary/aromatic N) is 1. The number of para-hydroxylation sites is 1. The molecule has 0 spiro atoms. The van der Waals surface area contributed by atoms with E-state index in [0.717, 1.165) is 16.0 Å². The molecule has 0 aromatic heterocycles. The third kappa shape index (κ3) is 5.50. The van der Waals surface area contributed by atoms with Gasteiger partial charge in [0.25, 0.3) is 11.8 Å². The monoisotopic (exact) mass is 530 g/mol. The van der Waals surface area contributed by atoms with E-state index < -0.39 is 17.8 Å². The van der Waals surface area contributed by atoms with Gasteiger partial charge in [-0.3, -0.25) is 9.59 Å². The second-order valence-corrected chi connectivity index (χ2v) is 11.7. The first-order valence-electron chi connectivity index (χ1n) is 12.4. The Morgan fingerprint density at radius 3 is 2.03 bits per heavy atom. The Kier molecular flexibility index (Phi) is 7.22. The van der Waals surface area contributed by atoms with E-state index in [1.807, 2.05) is 12.1 Å². The minimum atomic E-state index is -0.599. The number of imide groups is 1. The molecule has 0 bridgehead atoms. The van der Waals surface area contributed by atoms with Gasteiger partial charge < -0.3 is 10.1 Å². The summed E-state index contributed by atoms with van der Waals surface area (Å²) in [5.74, 6) is -1.13. The molecule has 7 heteroatoms. The molecule has 6 nitrogen and oxygen atoms in total. The van der Waals surface area contributed by atoms with E-state index in [-0.39, 0.29) is 21.6 Å². The van der Waals surface area contributed by atoms with Crippen molar-refractivity contribution in [3.05, 3.63) is 100 Å². The van der Waals surface area contributed by atoms with Gasteiger partial charge in [-0.2, -0.15) is 0 Å². The first-order chi connectivity index (χ1) is 17.8. The van der Waals surface area contributed by atoms with Crippen LogP contribution in [0.4, 0.5) is 11.4 Å². The highest BCUT2D eigenvalue weighted by Crippen LogP contribution is 2.36. The first kappa shape index (κ1) is 27.1. The Balaban J connectivity index is 1.51. The maximum atomic E-state index is 13.0. The third-order valence-electron chi connectivity index (χ3n) is 6.29. The highest BCUT2D eigenvalue weighted by molar-refractivity contribution is 6.53. The van der Waals surface area contributed by atoms with Gasteiger partial charge in [0.1, 0.15) is 16.5 Å². The second kappa shape index (κ2) is 10.1. The van der Waals surface area contributed by atoms with Crippen LogP contribution in [0.25, 0.3) is 0 Å². The molecule has 0 atom stereocenters. The summed E-state index contributed by atoms with van der Waals surface area (Å²) in [6, 6.07) is 21.0. The fourth-order valence-electron chi connectivity index (χ4n) is 4.09. The van der Waals surface area contributed by atoms with Crippen LogP contribution in [0, 0.1) is 0 Å². The predicted molar refractivity (Wildman–Crippen MR) is 151 cm³/mol. The number of ether oxygens (including phenoxy) is 1. The molecule has 0 unspecified atom stereocenters. The molecule has 0 aliphatic carbocycles. The molecule has 1 aliphatic rings. The molecule has 0 radical (unpaired) electrons. The zero-order valence-electron chi connectivity index (χ0n) is 22.4. The molecule has 38 heavy (non-hydrogen) atoms. The van der Waals surface area contributed by atoms with Gasteiger partial charge in [0.15, 0.2) is 0 Å². The van der Waals surface area contributed by atoms with Crippen LogP contribution in [-0.2, 0) is 20.4 Å². The standard InChI is InChI=1S/C31H31ClN2O4/c1-30(2,3)20-14-17-24(23(18-20)31(4,5)6)38-29(37)19-12-15-21(16-13-19)33-26-25(32)27(35)34(28(26)36)22-10-8-7-9-11-22/h7-18,33H,1-6H3. The van der Waals surface area contributed by atoms with Crippen molar-refractivity contribution in [3.63, 3.8) is 0 Å². The van der Waals surface area contributed by atoms with Crippen LogP contribution in [0.1, 0.15) is 63.0 Å². The average Bonchev–Trinajstić information content (AvgIpc) is 3.06. The van der Waals surface area contributed by atoms with E-state index in [0.29, 0.717) is 22.7 Å². The summed E-state index contributed by atoms with van der Waals surface area (Å²) in [6.07, 6.45) is 0. The summed E-state index contributed by atoms with van der Waals surface area (Å²) >= 11 is 6.21. The fourth-order valence-corrected chi connectivity index (χ4v) is 4.30. The fraction of sp³-hybridized carbons (Fsp3) is 0.258. The van der Waals surface area contributed by atoms with Gasteiger partial charge in [-0.15, -0.1) is 0 Å². The Morgan fingerprint density at radius 2 is 1.45 bits per heavy atom. The zero-order chi connectivity index (χ0) is 27.8. The van der Waals surface area contributed by atoms with Gasteiger partial charge in [-0.25, -0.2) is 9.69 Å². The quantitative estimate of drug-likeness (QED) is 0.220. The number of carbonyl (C=O) groups excluding carboxylic acids is 3. The van der Waals surface area contributed by atoms with Gasteiger partial charge in [0, 0.05) is 11.3 Å². The van der Waals surface area contributed by atoms with E-state index >= 15 is 0 Å². The van der Waals surface area contributed by atoms with Crippen LogP contribution in [0.2, 0.25) is 0 Å². The van der Waals surface area contributed by atoms with Crippen molar-refractivity contribution in [3.8, 4) is 5.75 Å². The van der Waals surface area contributed by atoms with Crippen molar-refractivity contribution in [2.45, 2.75) is 52.4 Å². The van der Waals surface area contributed by atoms with Crippen LogP contribution >= 0.6 is 11.6 Å². The molecule has 4 rings (SSSR count). The summed E-state index contributed by atoms with van der Waals surface area (Å²) in [7, 11) is 0. The average molecular weight is 531 g/mol. The lowest BCUT2D eigenvalue weighted by molar-refractivity contribution is -0.120. The number of rotatable bonds is 5. The highest BCUT2D eigenvalue weighted by Gasteiger charge is 2.38. The Labute approximate surface area is 228 Å². The lowest BCUT2D eigenvalue weighted by atomic mass is 9.80. The van der Waals surface area contributed by atoms with E-state index in [9.17, 15) is 14.4 Å². The number of benzene rings is 3. The maximum absolute atomic E-state index is 13.0. The summed E-state index contributed by atoms with van der Waals surface area (Å²) in [5.41, 5.74) is 3.10. The summed E-state index contributed by atoms with van der Waals surface area (Å²) < 4.78 is 5.82. The van der Waals surface area contributed by atoms with Crippen molar-refractivity contribution in [2.24, 2.45) is 0 Å². The van der Waals surface area contributed by atoms with Crippen LogP contribution < -0.4 is 15.0 Å². The van der Waals surface area contributed by atoms with E-state index in [1.165, 1.54) is 0 Å². The van der Waals surface area contributed by atoms with Gasteiger partial charge in [-0.05, 0) is 58.9 Å². The van der Waals surface area contributed by atoms with E-state index in [2.05, 4.69) is 52.9 Å². The minimum Gasteiger partial charge on any atom is -0.423 e. The second-order valence-electron chi connectivity index (χ2n) is 11.3. The number of hydrogen-bond acceptors (Lipinski definition) is 5. The molecule has 1 aliphatic heterocycles. The number of amides is 2. The molecular weight excluding hydrogens is 500 g/mol. The van der Waals surface area contributed by atoms with Crippen molar-refractivity contribution in [2.75, 3.05) is 10.2 Å². The van der Waals surface area contributed by atoms with Crippen molar-refractivity contribution >= 4 is 40.8 Å². The van der Waals surface area contributed by atoms with Crippen molar-refractivity contribution in [1.82, 2.24) is 0 Å². The number of anilines is 2. The van der Waals surface area contributed by atoms with Gasteiger partial charge in [-0.1, -0.05) is 83.5 Å². The number of nitrogens with one attached hydrogen (secondary N) is 1. The first-order valence-corrected chi connectivity index (χ1v) is 12.7. The Bertz CT molecular complexity index is 1430. The molecule has 3 aromatic rings. The molecule has 2 amide bonds. The minimum absolute atomic E-state index is 0.0235. The molecule has 1 N–H and O–H groups in total. The molecule has 1 heterocycles. The van der Waals surface area contributed by atoms with Crippen LogP contribution in [0.15, 0.2) is 83.5 Å². The summed E-state index contributed by atoms with van der Waals surface area (Å²) in [4.78, 5) is 39.6. The topological polar surface area (TPSA) is 75.7 Å². The lowest BCUT2D eigenvalue weighted by Gasteiger charge is -2.26. The molecule has 0 saturated carbocycles. The molecule has 0 fully saturated rings. The maximum Gasteiger partial charge on any atom is 0.343 e. The number of esters is 1. The third-order valence-corrected chi connectivity index (χ3v) is 6.64. The Hall–Kier alpha value is -3.90. The van der Waals surface area contributed by atoms with Crippen LogP contribution in [0.5, 0.6) is 5.75 Å². The largest absolute Gasteiger partial charge is 0.423 e. The molecular formula is C31H31ClN2O4. The normalized spacial score (nSPS) is 14.2. The predicted octanol–water partition coefficient (Wildman–Crippen LogP) is 6.94. The van der Waals surface area contributed by atoms with E-state index in [1.54, 1.807) is 54.6 Å². The van der Waals surface area contributed by atoms with Crippen molar-refractivity contribution in [1.29, 1.82) is 0 Å². The van der Waals surface area contributed by atoms with E-state index in [4.69, 9.17) is 16.3 Å². The zero-order valence-corrected chi connectivity index (χ0v) is 23.1. The highest BCUT2D eigenvalue weighted by atomic mass is 35.5. The SMILES string of the molecule is CC(C)(C)c1ccc(OC(=O)c2ccc(NC3=C(Cl)C(=O)N(c4ccccc4)C3=O)cc2)c(C(C)(C)C)c1. The lowest BCUT2D eigenvalue weighted by Crippen LogP contribution is -2.32. The van der Waals surface area contributed by atoms with Gasteiger partial charge in [0.2, 0.25) is 0 Å². The number of carbonyl (C=O) groups is 3. The molecule has 0 saturated heterocycles. The van der Waals surface area contributed by atoms with Gasteiger partial charge >= 0.3 is 5.97 Å². The number of hydrogen-bond donors (Lipinski definition) is 1. The Morgan fingerprint density at radius 1 is 0.816 bits per heavy atom. The smallest absolute Gasteiger partial charge is 0.343 e. The summed E-state index contributed by atoms with van der Waals surface area (Å²) in [6.45, 7) is 12.7. The van der Waals surface area contributed by atoms with Crippen molar-refractivity contribution < 1.29 is 19.1 Å².